The summed E-state index contributed by atoms with van der Waals surface area (Å²) in [5, 5.41) is 8.47. The molecule has 0 saturated heterocycles. The number of rotatable bonds is 7. The summed E-state index contributed by atoms with van der Waals surface area (Å²) in [6, 6.07) is 13.9. The Morgan fingerprint density at radius 3 is 2.42 bits per heavy atom. The minimum Gasteiger partial charge on any atom is -0.497 e. The molecule has 24 heavy (non-hydrogen) atoms. The average molecular weight is 323 g/mol. The van der Waals surface area contributed by atoms with Gasteiger partial charge in [0.15, 0.2) is 12.4 Å². The summed E-state index contributed by atoms with van der Waals surface area (Å²) < 4.78 is 15.6. The highest BCUT2D eigenvalue weighted by Gasteiger charge is 2.05. The van der Waals surface area contributed by atoms with Crippen molar-refractivity contribution < 1.29 is 19.0 Å². The lowest BCUT2D eigenvalue weighted by atomic mass is 10.1. The number of carbonyl (C=O) groups excluding carboxylic acids is 1. The molecule has 2 aromatic rings. The molecule has 0 aromatic heterocycles. The van der Waals surface area contributed by atoms with E-state index in [9.17, 15) is 4.79 Å². The first-order valence-corrected chi connectivity index (χ1v) is 7.22. The van der Waals surface area contributed by atoms with Crippen LogP contribution < -0.4 is 14.2 Å². The number of hydrogen-bond donors (Lipinski definition) is 0. The van der Waals surface area contributed by atoms with Crippen molar-refractivity contribution in [1.29, 1.82) is 5.26 Å². The minimum absolute atomic E-state index is 0.0234. The zero-order valence-corrected chi connectivity index (χ0v) is 13.5. The van der Waals surface area contributed by atoms with Crippen LogP contribution in [-0.2, 0) is 0 Å². The van der Waals surface area contributed by atoms with E-state index in [2.05, 4.69) is 0 Å². The maximum Gasteiger partial charge on any atom is 0.185 e. The molecular formula is C19H17NO4. The van der Waals surface area contributed by atoms with Gasteiger partial charge in [-0.15, -0.1) is 0 Å². The second kappa shape index (κ2) is 8.39. The van der Waals surface area contributed by atoms with Gasteiger partial charge < -0.3 is 14.2 Å². The fourth-order valence-electron chi connectivity index (χ4n) is 2.05. The number of hydrogen-bond acceptors (Lipinski definition) is 5. The molecule has 5 nitrogen and oxygen atoms in total. The van der Waals surface area contributed by atoms with Gasteiger partial charge in [-0.2, -0.15) is 5.26 Å². The van der Waals surface area contributed by atoms with Crippen LogP contribution in [0.1, 0.15) is 15.9 Å². The molecule has 2 aromatic carbocycles. The lowest BCUT2D eigenvalue weighted by Gasteiger charge is -2.07. The molecule has 5 heteroatoms. The van der Waals surface area contributed by atoms with Crippen LogP contribution in [0.2, 0.25) is 0 Å². The number of carbonyl (C=O) groups is 1. The number of ketones is 1. The molecule has 0 saturated carbocycles. The van der Waals surface area contributed by atoms with E-state index in [0.29, 0.717) is 22.8 Å². The summed E-state index contributed by atoms with van der Waals surface area (Å²) in [4.78, 5) is 12.2. The topological polar surface area (TPSA) is 68.5 Å². The molecule has 0 spiro atoms. The van der Waals surface area contributed by atoms with E-state index in [0.717, 1.165) is 5.56 Å². The average Bonchev–Trinajstić information content (AvgIpc) is 2.64. The normalized spacial score (nSPS) is 10.2. The van der Waals surface area contributed by atoms with Crippen LogP contribution in [0.5, 0.6) is 17.2 Å². The van der Waals surface area contributed by atoms with Crippen molar-refractivity contribution in [1.82, 2.24) is 0 Å². The third kappa shape index (κ3) is 4.37. The van der Waals surface area contributed by atoms with Crippen molar-refractivity contribution in [2.45, 2.75) is 0 Å². The fraction of sp³-hybridized carbons (Fsp3) is 0.158. The molecule has 0 bridgehead atoms. The maximum atomic E-state index is 12.2. The molecule has 0 atom stereocenters. The van der Waals surface area contributed by atoms with Gasteiger partial charge in [0.1, 0.15) is 23.3 Å². The molecule has 0 radical (unpaired) electrons. The molecular weight excluding hydrogens is 306 g/mol. The van der Waals surface area contributed by atoms with E-state index in [-0.39, 0.29) is 12.4 Å². The van der Waals surface area contributed by atoms with E-state index in [1.807, 2.05) is 12.1 Å². The highest BCUT2D eigenvalue weighted by atomic mass is 16.5. The Hall–Kier alpha value is -3.26. The van der Waals surface area contributed by atoms with Crippen LogP contribution in [0.25, 0.3) is 6.08 Å². The summed E-state index contributed by atoms with van der Waals surface area (Å²) in [5.74, 6) is 1.72. The fourth-order valence-corrected chi connectivity index (χ4v) is 2.05. The van der Waals surface area contributed by atoms with Crippen molar-refractivity contribution in [2.24, 2.45) is 0 Å². The van der Waals surface area contributed by atoms with Gasteiger partial charge in [-0.25, -0.2) is 0 Å². The number of nitrogens with zero attached hydrogens (tertiary/aromatic N) is 1. The Morgan fingerprint density at radius 2 is 1.79 bits per heavy atom. The van der Waals surface area contributed by atoms with E-state index in [4.69, 9.17) is 19.5 Å². The Bertz CT molecular complexity index is 773. The third-order valence-electron chi connectivity index (χ3n) is 3.30. The van der Waals surface area contributed by atoms with Crippen molar-refractivity contribution in [3.8, 4) is 23.3 Å². The SMILES string of the molecule is COc1ccc(/C=C/C(=O)c2ccc(OCC#N)cc2)c(OC)c1. The summed E-state index contributed by atoms with van der Waals surface area (Å²) >= 11 is 0. The third-order valence-corrected chi connectivity index (χ3v) is 3.30. The summed E-state index contributed by atoms with van der Waals surface area (Å²) in [6.45, 7) is -0.0234. The summed E-state index contributed by atoms with van der Waals surface area (Å²) in [6.07, 6.45) is 3.18. The van der Waals surface area contributed by atoms with Gasteiger partial charge in [0.2, 0.25) is 0 Å². The molecule has 0 fully saturated rings. The van der Waals surface area contributed by atoms with Gasteiger partial charge in [0.25, 0.3) is 0 Å². The molecule has 0 aliphatic heterocycles. The monoisotopic (exact) mass is 323 g/mol. The van der Waals surface area contributed by atoms with Gasteiger partial charge in [-0.3, -0.25) is 4.79 Å². The van der Waals surface area contributed by atoms with Crippen molar-refractivity contribution >= 4 is 11.9 Å². The Morgan fingerprint density at radius 1 is 1.08 bits per heavy atom. The highest BCUT2D eigenvalue weighted by Crippen LogP contribution is 2.25. The van der Waals surface area contributed by atoms with Crippen LogP contribution in [-0.4, -0.2) is 26.6 Å². The smallest absolute Gasteiger partial charge is 0.185 e. The van der Waals surface area contributed by atoms with Crippen LogP contribution >= 0.6 is 0 Å². The largest absolute Gasteiger partial charge is 0.497 e. The first-order chi connectivity index (χ1) is 11.7. The molecule has 0 aliphatic carbocycles. The lowest BCUT2D eigenvalue weighted by Crippen LogP contribution is -1.97. The Balaban J connectivity index is 2.11. The molecule has 2 rings (SSSR count). The lowest BCUT2D eigenvalue weighted by molar-refractivity contribution is 0.104. The number of nitriles is 1. The molecule has 122 valence electrons. The van der Waals surface area contributed by atoms with Crippen molar-refractivity contribution in [3.05, 3.63) is 59.7 Å². The van der Waals surface area contributed by atoms with Crippen LogP contribution in [0.3, 0.4) is 0 Å². The zero-order chi connectivity index (χ0) is 17.4. The quantitative estimate of drug-likeness (QED) is 0.576. The summed E-state index contributed by atoms with van der Waals surface area (Å²) in [5.41, 5.74) is 1.31. The molecule has 0 N–H and O–H groups in total. The van der Waals surface area contributed by atoms with Gasteiger partial charge in [0, 0.05) is 17.2 Å². The number of allylic oxidation sites excluding steroid dienone is 1. The van der Waals surface area contributed by atoms with Gasteiger partial charge in [0.05, 0.1) is 14.2 Å². The minimum atomic E-state index is -0.139. The number of methoxy groups -OCH3 is 2. The van der Waals surface area contributed by atoms with E-state index in [1.54, 1.807) is 56.7 Å². The molecule has 0 heterocycles. The maximum absolute atomic E-state index is 12.2. The Labute approximate surface area is 140 Å². The Kier molecular flexibility index (Phi) is 5.98. The first-order valence-electron chi connectivity index (χ1n) is 7.22. The highest BCUT2D eigenvalue weighted by molar-refractivity contribution is 6.07. The van der Waals surface area contributed by atoms with Gasteiger partial charge in [-0.1, -0.05) is 0 Å². The van der Waals surface area contributed by atoms with Crippen LogP contribution in [0.15, 0.2) is 48.5 Å². The van der Waals surface area contributed by atoms with E-state index in [1.165, 1.54) is 6.08 Å². The van der Waals surface area contributed by atoms with Gasteiger partial charge in [-0.05, 0) is 48.6 Å². The second-order valence-corrected chi connectivity index (χ2v) is 4.78. The second-order valence-electron chi connectivity index (χ2n) is 4.78. The van der Waals surface area contributed by atoms with Crippen molar-refractivity contribution in [2.75, 3.05) is 20.8 Å². The molecule has 0 aliphatic rings. The standard InChI is InChI=1S/C19H17NO4/c1-22-17-9-5-15(19(13-17)23-2)6-10-18(21)14-3-7-16(8-4-14)24-12-11-20/h3-10,13H,12H2,1-2H3/b10-6+. The number of ether oxygens (including phenoxy) is 3. The molecule has 0 unspecified atom stereocenters. The number of benzene rings is 2. The predicted octanol–water partition coefficient (Wildman–Crippen LogP) is 3.50. The van der Waals surface area contributed by atoms with Crippen LogP contribution in [0, 0.1) is 11.3 Å². The van der Waals surface area contributed by atoms with Crippen molar-refractivity contribution in [3.63, 3.8) is 0 Å². The predicted molar refractivity (Wildman–Crippen MR) is 90.5 cm³/mol. The van der Waals surface area contributed by atoms with E-state index >= 15 is 0 Å². The van der Waals surface area contributed by atoms with Gasteiger partial charge >= 0.3 is 0 Å². The summed E-state index contributed by atoms with van der Waals surface area (Å²) in [7, 11) is 3.14. The molecule has 0 amide bonds. The zero-order valence-electron chi connectivity index (χ0n) is 13.5. The van der Waals surface area contributed by atoms with E-state index < -0.39 is 0 Å². The first kappa shape index (κ1) is 17.1. The van der Waals surface area contributed by atoms with Crippen LogP contribution in [0.4, 0.5) is 0 Å².